The highest BCUT2D eigenvalue weighted by Gasteiger charge is 2.33. The Balaban J connectivity index is 2.40. The molecule has 2 radical (unpaired) electrons. The van der Waals surface area contributed by atoms with Crippen molar-refractivity contribution in [1.82, 2.24) is 4.90 Å². The average Bonchev–Trinajstić information content (AvgIpc) is 2.81. The summed E-state index contributed by atoms with van der Waals surface area (Å²) in [5.41, 5.74) is 0. The molecule has 102 valence electrons. The topological polar surface area (TPSA) is 60.8 Å². The number of aliphatic hydroxyl groups excluding tert-OH is 1. The van der Waals surface area contributed by atoms with E-state index in [1.807, 2.05) is 6.92 Å². The number of rotatable bonds is 8. The molecule has 0 spiro atoms. The summed E-state index contributed by atoms with van der Waals surface area (Å²) in [6, 6.07) is 0. The number of carboxylic acid groups (broad SMARTS) is 1. The van der Waals surface area contributed by atoms with Gasteiger partial charge in [-0.2, -0.15) is 0 Å². The number of likely N-dealkylation sites (tertiary alicyclic amines) is 1. The highest BCUT2D eigenvalue weighted by Crippen LogP contribution is 2.34. The third kappa shape index (κ3) is 4.28. The lowest BCUT2D eigenvalue weighted by atomic mass is 9.63. The van der Waals surface area contributed by atoms with E-state index in [4.69, 9.17) is 13.0 Å². The zero-order chi connectivity index (χ0) is 13.6. The minimum absolute atomic E-state index is 0.221. The molecule has 1 saturated heterocycles. The molecule has 2 N–H and O–H groups in total. The van der Waals surface area contributed by atoms with Crippen LogP contribution in [-0.4, -0.2) is 55.2 Å². The second kappa shape index (κ2) is 7.14. The van der Waals surface area contributed by atoms with Crippen molar-refractivity contribution < 1.29 is 15.0 Å². The van der Waals surface area contributed by atoms with Crippen molar-refractivity contribution >= 4 is 13.8 Å². The molecule has 1 aliphatic heterocycles. The van der Waals surface area contributed by atoms with E-state index in [1.54, 1.807) is 0 Å². The molecule has 1 heterocycles. The van der Waals surface area contributed by atoms with E-state index in [2.05, 4.69) is 4.90 Å². The standard InChI is InChI=1S/C13H24BNO3/c1-2-3-5-13(14,12(17)18)6-8-15-7-4-11(9-15)10-16/h11,16H,2-10H2,1H3,(H,17,18). The molecule has 1 fully saturated rings. The number of aliphatic carboxylic acids is 1. The third-order valence-corrected chi connectivity index (χ3v) is 3.90. The SMILES string of the molecule is [B]C(CCCC)(CCN1CCC(CO)C1)C(=O)O. The zero-order valence-electron chi connectivity index (χ0n) is 11.3. The Morgan fingerprint density at radius 1 is 1.50 bits per heavy atom. The summed E-state index contributed by atoms with van der Waals surface area (Å²) in [5, 5.41) is 17.2. The van der Waals surface area contributed by atoms with Crippen LogP contribution in [0.15, 0.2) is 0 Å². The zero-order valence-corrected chi connectivity index (χ0v) is 11.3. The molecule has 0 saturated carbocycles. The molecule has 2 atom stereocenters. The quantitative estimate of drug-likeness (QED) is 0.640. The molecule has 18 heavy (non-hydrogen) atoms. The molecule has 0 aliphatic carbocycles. The predicted octanol–water partition coefficient (Wildman–Crippen LogP) is 1.29. The maximum absolute atomic E-state index is 11.3. The van der Waals surface area contributed by atoms with Crippen LogP contribution < -0.4 is 0 Å². The number of carboxylic acids is 1. The number of hydrogen-bond acceptors (Lipinski definition) is 3. The smallest absolute Gasteiger partial charge is 0.300 e. The van der Waals surface area contributed by atoms with Gasteiger partial charge in [0.15, 0.2) is 0 Å². The van der Waals surface area contributed by atoms with Gasteiger partial charge in [0.2, 0.25) is 0 Å². The highest BCUT2D eigenvalue weighted by atomic mass is 16.4. The van der Waals surface area contributed by atoms with E-state index in [0.717, 1.165) is 32.4 Å². The van der Waals surface area contributed by atoms with Crippen LogP contribution in [0.2, 0.25) is 5.31 Å². The third-order valence-electron chi connectivity index (χ3n) is 3.90. The van der Waals surface area contributed by atoms with Gasteiger partial charge in [0.1, 0.15) is 0 Å². The minimum atomic E-state index is -1.09. The van der Waals surface area contributed by atoms with Crippen molar-refractivity contribution in [2.45, 2.75) is 44.3 Å². The summed E-state index contributed by atoms with van der Waals surface area (Å²) >= 11 is 0. The second-order valence-electron chi connectivity index (χ2n) is 5.45. The maximum Gasteiger partial charge on any atom is 0.300 e. The summed E-state index contributed by atoms with van der Waals surface area (Å²) in [7, 11) is 6.00. The van der Waals surface area contributed by atoms with E-state index in [9.17, 15) is 9.90 Å². The van der Waals surface area contributed by atoms with E-state index in [0.29, 0.717) is 25.3 Å². The van der Waals surface area contributed by atoms with Gasteiger partial charge in [-0.25, -0.2) is 0 Å². The largest absolute Gasteiger partial charge is 0.481 e. The molecule has 0 bridgehead atoms. The van der Waals surface area contributed by atoms with Gasteiger partial charge in [-0.1, -0.05) is 19.8 Å². The average molecular weight is 253 g/mol. The van der Waals surface area contributed by atoms with Gasteiger partial charge in [-0.05, 0) is 38.3 Å². The fourth-order valence-corrected chi connectivity index (χ4v) is 2.45. The van der Waals surface area contributed by atoms with Crippen molar-refractivity contribution in [3.8, 4) is 0 Å². The number of nitrogens with zero attached hydrogens (tertiary/aromatic N) is 1. The summed E-state index contributed by atoms with van der Waals surface area (Å²) in [6.45, 7) is 4.77. The van der Waals surface area contributed by atoms with Gasteiger partial charge >= 0.3 is 5.97 Å². The summed E-state index contributed by atoms with van der Waals surface area (Å²) < 4.78 is 0. The molecule has 0 aromatic carbocycles. The molecule has 0 aromatic heterocycles. The van der Waals surface area contributed by atoms with Gasteiger partial charge in [0.25, 0.3) is 0 Å². The second-order valence-corrected chi connectivity index (χ2v) is 5.45. The van der Waals surface area contributed by atoms with Crippen LogP contribution >= 0.6 is 0 Å². The van der Waals surface area contributed by atoms with Crippen LogP contribution in [0, 0.1) is 5.92 Å². The van der Waals surface area contributed by atoms with Gasteiger partial charge in [-0.3, -0.25) is 4.79 Å². The van der Waals surface area contributed by atoms with Crippen LogP contribution in [0.5, 0.6) is 0 Å². The van der Waals surface area contributed by atoms with E-state index < -0.39 is 11.3 Å². The minimum Gasteiger partial charge on any atom is -0.481 e. The molecule has 1 aliphatic rings. The van der Waals surface area contributed by atoms with Gasteiger partial charge < -0.3 is 15.1 Å². The van der Waals surface area contributed by atoms with Crippen molar-refractivity contribution in [1.29, 1.82) is 0 Å². The molecular weight excluding hydrogens is 229 g/mol. The van der Waals surface area contributed by atoms with Crippen LogP contribution in [-0.2, 0) is 4.79 Å². The van der Waals surface area contributed by atoms with Crippen LogP contribution in [0.3, 0.4) is 0 Å². The van der Waals surface area contributed by atoms with Gasteiger partial charge in [0.05, 0.1) is 7.85 Å². The molecule has 0 aromatic rings. The highest BCUT2D eigenvalue weighted by molar-refractivity contribution is 6.26. The summed E-state index contributed by atoms with van der Waals surface area (Å²) in [6.07, 6.45) is 3.83. The molecule has 4 nitrogen and oxygen atoms in total. The number of carbonyl (C=O) groups is 1. The van der Waals surface area contributed by atoms with E-state index in [-0.39, 0.29) is 6.61 Å². The first-order valence-electron chi connectivity index (χ1n) is 6.87. The summed E-state index contributed by atoms with van der Waals surface area (Å²) in [4.78, 5) is 13.5. The Bertz CT molecular complexity index is 275. The molecule has 1 rings (SSSR count). The molecule has 5 heteroatoms. The normalized spacial score (nSPS) is 24.0. The predicted molar refractivity (Wildman–Crippen MR) is 71.9 cm³/mol. The first-order chi connectivity index (χ1) is 8.51. The van der Waals surface area contributed by atoms with Gasteiger partial charge in [-0.15, -0.1) is 0 Å². The van der Waals surface area contributed by atoms with Crippen molar-refractivity contribution in [2.24, 2.45) is 5.92 Å². The number of hydrogen-bond donors (Lipinski definition) is 2. The summed E-state index contributed by atoms with van der Waals surface area (Å²) in [5.74, 6) is -0.550. The number of aliphatic hydroxyl groups is 1. The fraction of sp³-hybridized carbons (Fsp3) is 0.923. The monoisotopic (exact) mass is 253 g/mol. The van der Waals surface area contributed by atoms with Gasteiger partial charge in [0, 0.05) is 18.5 Å². The Morgan fingerprint density at radius 3 is 2.72 bits per heavy atom. The lowest BCUT2D eigenvalue weighted by Crippen LogP contribution is -2.31. The first-order valence-corrected chi connectivity index (χ1v) is 6.87. The lowest BCUT2D eigenvalue weighted by molar-refractivity contribution is -0.141. The Kier molecular flexibility index (Phi) is 6.16. The fourth-order valence-electron chi connectivity index (χ4n) is 2.45. The molecule has 0 amide bonds. The van der Waals surface area contributed by atoms with Crippen LogP contribution in [0.25, 0.3) is 0 Å². The molecular formula is C13H24BNO3. The number of unbranched alkanes of at least 4 members (excludes halogenated alkanes) is 1. The van der Waals surface area contributed by atoms with E-state index in [1.165, 1.54) is 0 Å². The Hall–Kier alpha value is -0.545. The molecule has 2 unspecified atom stereocenters. The lowest BCUT2D eigenvalue weighted by Gasteiger charge is -2.28. The Labute approximate surface area is 111 Å². The Morgan fingerprint density at radius 2 is 2.22 bits per heavy atom. The maximum atomic E-state index is 11.3. The van der Waals surface area contributed by atoms with Crippen molar-refractivity contribution in [3.05, 3.63) is 0 Å². The van der Waals surface area contributed by atoms with E-state index >= 15 is 0 Å². The van der Waals surface area contributed by atoms with Crippen molar-refractivity contribution in [2.75, 3.05) is 26.2 Å². The van der Waals surface area contributed by atoms with Crippen LogP contribution in [0.4, 0.5) is 0 Å². The van der Waals surface area contributed by atoms with Crippen molar-refractivity contribution in [3.63, 3.8) is 0 Å². The van der Waals surface area contributed by atoms with Crippen LogP contribution in [0.1, 0.15) is 39.0 Å². The first kappa shape index (κ1) is 15.5.